The molecule has 2 aromatic rings. The summed E-state index contributed by atoms with van der Waals surface area (Å²) in [7, 11) is 1.40. The van der Waals surface area contributed by atoms with Crippen molar-refractivity contribution in [1.82, 2.24) is 0 Å². The van der Waals surface area contributed by atoms with Gasteiger partial charge >= 0.3 is 5.97 Å². The molecule has 0 saturated heterocycles. The van der Waals surface area contributed by atoms with E-state index in [2.05, 4.69) is 30.4 Å². The molecule has 5 heteroatoms. The summed E-state index contributed by atoms with van der Waals surface area (Å²) in [5.74, 6) is 0.597. The molecule has 0 heterocycles. The molecule has 0 spiro atoms. The first-order chi connectivity index (χ1) is 14.7. The van der Waals surface area contributed by atoms with Crippen LogP contribution >= 0.6 is 0 Å². The SMILES string of the molecule is CO[C@@H](Cc1cccc(OCCCOc2ccc(C3=CC=CCC3)cc2)c1)C(=O)O. The summed E-state index contributed by atoms with van der Waals surface area (Å²) < 4.78 is 16.6. The average molecular weight is 408 g/mol. The second-order valence-corrected chi connectivity index (χ2v) is 7.15. The zero-order valence-corrected chi connectivity index (χ0v) is 17.3. The van der Waals surface area contributed by atoms with Gasteiger partial charge in [-0.05, 0) is 53.8 Å². The van der Waals surface area contributed by atoms with E-state index in [1.165, 1.54) is 18.2 Å². The van der Waals surface area contributed by atoms with Crippen LogP contribution in [0, 0.1) is 0 Å². The minimum Gasteiger partial charge on any atom is -0.493 e. The Kier molecular flexibility index (Phi) is 8.10. The highest BCUT2D eigenvalue weighted by atomic mass is 16.5. The number of aliphatic carboxylic acids is 1. The number of benzene rings is 2. The van der Waals surface area contributed by atoms with Crippen LogP contribution in [0.25, 0.3) is 5.57 Å². The Morgan fingerprint density at radius 2 is 1.83 bits per heavy atom. The third-order valence-electron chi connectivity index (χ3n) is 4.94. The summed E-state index contributed by atoms with van der Waals surface area (Å²) in [6, 6.07) is 15.7. The largest absolute Gasteiger partial charge is 0.493 e. The third kappa shape index (κ3) is 6.49. The fraction of sp³-hybridized carbons (Fsp3) is 0.320. The van der Waals surface area contributed by atoms with E-state index in [0.717, 1.165) is 30.6 Å². The monoisotopic (exact) mass is 408 g/mol. The summed E-state index contributed by atoms with van der Waals surface area (Å²) in [5, 5.41) is 9.10. The summed E-state index contributed by atoms with van der Waals surface area (Å²) in [6.07, 6.45) is 8.84. The maximum Gasteiger partial charge on any atom is 0.333 e. The topological polar surface area (TPSA) is 65.0 Å². The van der Waals surface area contributed by atoms with Crippen molar-refractivity contribution >= 4 is 11.5 Å². The van der Waals surface area contributed by atoms with Gasteiger partial charge in [0.15, 0.2) is 6.10 Å². The Morgan fingerprint density at radius 1 is 1.07 bits per heavy atom. The van der Waals surface area contributed by atoms with E-state index in [0.29, 0.717) is 25.4 Å². The van der Waals surface area contributed by atoms with Gasteiger partial charge in [-0.25, -0.2) is 4.79 Å². The van der Waals surface area contributed by atoms with Crippen LogP contribution in [-0.2, 0) is 16.0 Å². The first kappa shape index (κ1) is 21.7. The lowest BCUT2D eigenvalue weighted by Crippen LogP contribution is -2.24. The Balaban J connectivity index is 1.40. The fourth-order valence-electron chi connectivity index (χ4n) is 3.30. The molecule has 1 aliphatic carbocycles. The van der Waals surface area contributed by atoms with Crippen molar-refractivity contribution in [1.29, 1.82) is 0 Å². The van der Waals surface area contributed by atoms with Gasteiger partial charge in [0.2, 0.25) is 0 Å². The van der Waals surface area contributed by atoms with Gasteiger partial charge in [-0.3, -0.25) is 0 Å². The number of allylic oxidation sites excluding steroid dienone is 4. The number of carbonyl (C=O) groups is 1. The van der Waals surface area contributed by atoms with E-state index in [-0.39, 0.29) is 0 Å². The first-order valence-electron chi connectivity index (χ1n) is 10.2. The quantitative estimate of drug-likeness (QED) is 0.535. The number of methoxy groups -OCH3 is 1. The van der Waals surface area contributed by atoms with Gasteiger partial charge in [0.1, 0.15) is 11.5 Å². The molecule has 0 saturated carbocycles. The molecule has 1 N–H and O–H groups in total. The Morgan fingerprint density at radius 3 is 2.50 bits per heavy atom. The molecule has 0 fully saturated rings. The van der Waals surface area contributed by atoms with E-state index in [4.69, 9.17) is 19.3 Å². The van der Waals surface area contributed by atoms with Gasteiger partial charge < -0.3 is 19.3 Å². The molecule has 5 nitrogen and oxygen atoms in total. The maximum absolute atomic E-state index is 11.1. The third-order valence-corrected chi connectivity index (χ3v) is 4.94. The van der Waals surface area contributed by atoms with E-state index in [1.807, 2.05) is 36.4 Å². The van der Waals surface area contributed by atoms with Crippen LogP contribution in [0.2, 0.25) is 0 Å². The molecule has 3 rings (SSSR count). The minimum absolute atomic E-state index is 0.301. The van der Waals surface area contributed by atoms with Crippen LogP contribution in [0.4, 0.5) is 0 Å². The minimum atomic E-state index is -0.971. The molecule has 0 unspecified atom stereocenters. The second-order valence-electron chi connectivity index (χ2n) is 7.15. The van der Waals surface area contributed by atoms with E-state index in [1.54, 1.807) is 0 Å². The van der Waals surface area contributed by atoms with Crippen molar-refractivity contribution in [2.75, 3.05) is 20.3 Å². The van der Waals surface area contributed by atoms with Gasteiger partial charge in [-0.2, -0.15) is 0 Å². The van der Waals surface area contributed by atoms with Crippen molar-refractivity contribution in [3.63, 3.8) is 0 Å². The molecule has 1 atom stereocenters. The number of carboxylic acids is 1. The summed E-state index contributed by atoms with van der Waals surface area (Å²) in [4.78, 5) is 11.1. The maximum atomic E-state index is 11.1. The highest BCUT2D eigenvalue weighted by Crippen LogP contribution is 2.25. The molecule has 0 radical (unpaired) electrons. The lowest BCUT2D eigenvalue weighted by atomic mass is 9.97. The number of rotatable bonds is 11. The van der Waals surface area contributed by atoms with Crippen molar-refractivity contribution in [3.8, 4) is 11.5 Å². The van der Waals surface area contributed by atoms with E-state index >= 15 is 0 Å². The van der Waals surface area contributed by atoms with Crippen molar-refractivity contribution in [2.24, 2.45) is 0 Å². The summed E-state index contributed by atoms with van der Waals surface area (Å²) in [6.45, 7) is 1.09. The van der Waals surface area contributed by atoms with Crippen molar-refractivity contribution in [3.05, 3.63) is 77.9 Å². The molecular weight excluding hydrogens is 380 g/mol. The van der Waals surface area contributed by atoms with Crippen LogP contribution in [0.1, 0.15) is 30.4 Å². The molecular formula is C25H28O5. The zero-order chi connectivity index (χ0) is 21.2. The summed E-state index contributed by atoms with van der Waals surface area (Å²) >= 11 is 0. The van der Waals surface area contributed by atoms with Crippen molar-refractivity contribution in [2.45, 2.75) is 31.8 Å². The highest BCUT2D eigenvalue weighted by Gasteiger charge is 2.17. The number of carboxylic acid groups (broad SMARTS) is 1. The van der Waals surface area contributed by atoms with Crippen molar-refractivity contribution < 1.29 is 24.1 Å². The lowest BCUT2D eigenvalue weighted by molar-refractivity contribution is -0.148. The number of hydrogen-bond donors (Lipinski definition) is 1. The first-order valence-corrected chi connectivity index (χ1v) is 10.2. The number of ether oxygens (including phenoxy) is 3. The van der Waals surface area contributed by atoms with Crippen LogP contribution in [-0.4, -0.2) is 37.5 Å². The predicted molar refractivity (Wildman–Crippen MR) is 117 cm³/mol. The van der Waals surface area contributed by atoms with Gasteiger partial charge in [-0.1, -0.05) is 42.5 Å². The van der Waals surface area contributed by atoms with Gasteiger partial charge in [0.05, 0.1) is 13.2 Å². The Labute approximate surface area is 177 Å². The second kappa shape index (κ2) is 11.2. The smallest absolute Gasteiger partial charge is 0.333 e. The normalized spacial score (nSPS) is 14.1. The van der Waals surface area contributed by atoms with Crippen LogP contribution in [0.3, 0.4) is 0 Å². The highest BCUT2D eigenvalue weighted by molar-refractivity contribution is 5.72. The van der Waals surface area contributed by atoms with Gasteiger partial charge in [0, 0.05) is 20.0 Å². The fourth-order valence-corrected chi connectivity index (χ4v) is 3.30. The predicted octanol–water partition coefficient (Wildman–Crippen LogP) is 4.91. The molecule has 0 bridgehead atoms. The van der Waals surface area contributed by atoms with Crippen LogP contribution < -0.4 is 9.47 Å². The molecule has 30 heavy (non-hydrogen) atoms. The van der Waals surface area contributed by atoms with Gasteiger partial charge in [0.25, 0.3) is 0 Å². The Hall–Kier alpha value is -3.05. The van der Waals surface area contributed by atoms with Crippen LogP contribution in [0.15, 0.2) is 66.8 Å². The molecule has 158 valence electrons. The molecule has 0 amide bonds. The van der Waals surface area contributed by atoms with Gasteiger partial charge in [-0.15, -0.1) is 0 Å². The standard InChI is InChI=1S/C25H28O5/c1-28-24(25(26)27)18-19-7-5-10-23(17-19)30-16-6-15-29-22-13-11-21(12-14-22)20-8-3-2-4-9-20/h2-3,5,7-8,10-14,17,24H,4,6,9,15-16,18H2,1H3,(H,26,27)/t24-/m0/s1. The number of hydrogen-bond acceptors (Lipinski definition) is 4. The summed E-state index contributed by atoms with van der Waals surface area (Å²) in [5.41, 5.74) is 3.47. The molecule has 1 aliphatic rings. The Bertz CT molecular complexity index is 883. The molecule has 0 aliphatic heterocycles. The van der Waals surface area contributed by atoms with E-state index in [9.17, 15) is 4.79 Å². The zero-order valence-electron chi connectivity index (χ0n) is 17.3. The van der Waals surface area contributed by atoms with E-state index < -0.39 is 12.1 Å². The average Bonchev–Trinajstić information content (AvgIpc) is 2.78. The lowest BCUT2D eigenvalue weighted by Gasteiger charge is -2.12. The molecule has 0 aromatic heterocycles. The van der Waals surface area contributed by atoms with Crippen LogP contribution in [0.5, 0.6) is 11.5 Å². The molecule has 2 aromatic carbocycles.